The number of hydrogen-bond acceptors (Lipinski definition) is 4. The van der Waals surface area contributed by atoms with E-state index in [2.05, 4.69) is 5.32 Å². The van der Waals surface area contributed by atoms with E-state index in [1.807, 2.05) is 13.8 Å². The molecule has 0 aromatic carbocycles. The number of carboxylic acid groups (broad SMARTS) is 1. The molecule has 16 heavy (non-hydrogen) atoms. The molecule has 0 fully saturated rings. The van der Waals surface area contributed by atoms with E-state index in [1.54, 1.807) is 0 Å². The first kappa shape index (κ1) is 14.9. The Balaban J connectivity index is 4.03. The molecular formula is C10H20N2O4. The number of carbonyl (C=O) groups excluding carboxylic acids is 1. The lowest BCUT2D eigenvalue weighted by molar-refractivity contribution is -0.147. The van der Waals surface area contributed by atoms with Crippen molar-refractivity contribution < 1.29 is 19.8 Å². The second-order valence-corrected chi connectivity index (χ2v) is 3.76. The van der Waals surface area contributed by atoms with E-state index in [9.17, 15) is 9.59 Å². The lowest BCUT2D eigenvalue weighted by Gasteiger charge is -2.25. The summed E-state index contributed by atoms with van der Waals surface area (Å²) in [7, 11) is 0. The third kappa shape index (κ3) is 4.16. The minimum Gasteiger partial charge on any atom is -0.479 e. The van der Waals surface area contributed by atoms with Gasteiger partial charge in [0.25, 0.3) is 0 Å². The van der Waals surface area contributed by atoms with Crippen LogP contribution in [0.15, 0.2) is 0 Å². The normalized spacial score (nSPS) is 13.2. The van der Waals surface area contributed by atoms with Crippen LogP contribution in [0.5, 0.6) is 0 Å². The molecular weight excluding hydrogens is 212 g/mol. The lowest BCUT2D eigenvalue weighted by atomic mass is 9.93. The Kier molecular flexibility index (Phi) is 5.98. The highest BCUT2D eigenvalue weighted by molar-refractivity contribution is 5.85. The molecule has 94 valence electrons. The first-order valence-corrected chi connectivity index (χ1v) is 5.35. The van der Waals surface area contributed by atoms with Gasteiger partial charge in [-0.15, -0.1) is 0 Å². The van der Waals surface area contributed by atoms with Gasteiger partial charge in [-0.05, 0) is 12.8 Å². The maximum Gasteiger partial charge on any atom is 0.332 e. The summed E-state index contributed by atoms with van der Waals surface area (Å²) >= 11 is 0. The van der Waals surface area contributed by atoms with Gasteiger partial charge in [-0.2, -0.15) is 0 Å². The van der Waals surface area contributed by atoms with E-state index in [0.717, 1.165) is 0 Å². The summed E-state index contributed by atoms with van der Waals surface area (Å²) in [5.74, 6) is -1.60. The Morgan fingerprint density at radius 2 is 1.88 bits per heavy atom. The molecule has 0 aromatic heterocycles. The maximum absolute atomic E-state index is 11.6. The fourth-order valence-corrected chi connectivity index (χ4v) is 1.19. The molecule has 0 saturated carbocycles. The average molecular weight is 232 g/mol. The minimum absolute atomic E-state index is 0.0232. The van der Waals surface area contributed by atoms with Gasteiger partial charge >= 0.3 is 5.97 Å². The largest absolute Gasteiger partial charge is 0.479 e. The van der Waals surface area contributed by atoms with Crippen LogP contribution < -0.4 is 11.1 Å². The molecule has 6 nitrogen and oxygen atoms in total. The number of carboxylic acids is 1. The summed E-state index contributed by atoms with van der Waals surface area (Å²) in [6.07, 6.45) is -0.450. The van der Waals surface area contributed by atoms with Gasteiger partial charge in [0.1, 0.15) is 0 Å². The standard InChI is InChI=1S/C10H20N2O4/c1-3-10(11,4-2)9(16)12-6-5-7(13)8(14)15/h7,13H,3-6,11H2,1-2H3,(H,12,16)(H,14,15)/t7-/m0/s1. The van der Waals surface area contributed by atoms with Crippen molar-refractivity contribution in [1.82, 2.24) is 5.32 Å². The van der Waals surface area contributed by atoms with Crippen LogP contribution in [0, 0.1) is 0 Å². The molecule has 6 heteroatoms. The SMILES string of the molecule is CCC(N)(CC)C(=O)NCC[C@H](O)C(=O)O. The molecule has 0 aliphatic heterocycles. The number of amides is 1. The van der Waals surface area contributed by atoms with Gasteiger partial charge in [0, 0.05) is 13.0 Å². The number of rotatable bonds is 7. The van der Waals surface area contributed by atoms with Gasteiger partial charge in [-0.3, -0.25) is 4.79 Å². The van der Waals surface area contributed by atoms with Crippen LogP contribution in [-0.2, 0) is 9.59 Å². The molecule has 0 unspecified atom stereocenters. The number of carbonyl (C=O) groups is 2. The highest BCUT2D eigenvalue weighted by atomic mass is 16.4. The number of nitrogens with two attached hydrogens (primary N) is 1. The number of hydrogen-bond donors (Lipinski definition) is 4. The second-order valence-electron chi connectivity index (χ2n) is 3.76. The molecule has 0 saturated heterocycles. The summed E-state index contributed by atoms with van der Waals surface area (Å²) in [5, 5.41) is 19.9. The van der Waals surface area contributed by atoms with Crippen LogP contribution in [0.4, 0.5) is 0 Å². The van der Waals surface area contributed by atoms with Crippen molar-refractivity contribution >= 4 is 11.9 Å². The number of aliphatic hydroxyl groups is 1. The molecule has 0 bridgehead atoms. The quantitative estimate of drug-likeness (QED) is 0.470. The van der Waals surface area contributed by atoms with Gasteiger partial charge < -0.3 is 21.3 Å². The first-order chi connectivity index (χ1) is 7.37. The number of aliphatic hydroxyl groups excluding tert-OH is 1. The second kappa shape index (κ2) is 6.44. The summed E-state index contributed by atoms with van der Waals surface area (Å²) in [6, 6.07) is 0. The monoisotopic (exact) mass is 232 g/mol. The zero-order valence-electron chi connectivity index (χ0n) is 9.69. The molecule has 1 amide bonds. The molecule has 5 N–H and O–H groups in total. The van der Waals surface area contributed by atoms with Gasteiger partial charge in [-0.25, -0.2) is 4.79 Å². The predicted octanol–water partition coefficient (Wildman–Crippen LogP) is -0.544. The van der Waals surface area contributed by atoms with Crippen LogP contribution >= 0.6 is 0 Å². The predicted molar refractivity (Wildman–Crippen MR) is 58.8 cm³/mol. The van der Waals surface area contributed by atoms with Crippen molar-refractivity contribution in [2.24, 2.45) is 5.73 Å². The summed E-state index contributed by atoms with van der Waals surface area (Å²) in [4.78, 5) is 21.9. The third-order valence-corrected chi connectivity index (χ3v) is 2.70. The van der Waals surface area contributed by atoms with Crippen LogP contribution in [-0.4, -0.2) is 40.3 Å². The molecule has 0 rings (SSSR count). The summed E-state index contributed by atoms with van der Waals surface area (Å²) < 4.78 is 0. The number of nitrogens with one attached hydrogen (secondary N) is 1. The van der Waals surface area contributed by atoms with E-state index >= 15 is 0 Å². The van der Waals surface area contributed by atoms with Crippen molar-refractivity contribution in [2.45, 2.75) is 44.8 Å². The Hall–Kier alpha value is -1.14. The van der Waals surface area contributed by atoms with Crippen molar-refractivity contribution in [3.63, 3.8) is 0 Å². The van der Waals surface area contributed by atoms with Crippen molar-refractivity contribution in [3.05, 3.63) is 0 Å². The molecule has 0 radical (unpaired) electrons. The van der Waals surface area contributed by atoms with E-state index in [-0.39, 0.29) is 18.9 Å². The zero-order chi connectivity index (χ0) is 12.8. The number of aliphatic carboxylic acids is 1. The molecule has 0 heterocycles. The van der Waals surface area contributed by atoms with E-state index in [0.29, 0.717) is 12.8 Å². The van der Waals surface area contributed by atoms with Crippen LogP contribution in [0.3, 0.4) is 0 Å². The summed E-state index contributed by atoms with van der Waals surface area (Å²) in [6.45, 7) is 3.73. The first-order valence-electron chi connectivity index (χ1n) is 5.35. The van der Waals surface area contributed by atoms with Crippen LogP contribution in [0.25, 0.3) is 0 Å². The minimum atomic E-state index is -1.45. The van der Waals surface area contributed by atoms with Gasteiger partial charge in [0.2, 0.25) is 5.91 Å². The van der Waals surface area contributed by atoms with Crippen molar-refractivity contribution in [2.75, 3.05) is 6.54 Å². The van der Waals surface area contributed by atoms with E-state index in [1.165, 1.54) is 0 Å². The molecule has 1 atom stereocenters. The Morgan fingerprint density at radius 1 is 1.38 bits per heavy atom. The topological polar surface area (TPSA) is 113 Å². The summed E-state index contributed by atoms with van der Waals surface area (Å²) in [5.41, 5.74) is 4.92. The highest BCUT2D eigenvalue weighted by Gasteiger charge is 2.29. The Labute approximate surface area is 94.8 Å². The van der Waals surface area contributed by atoms with Crippen LogP contribution in [0.2, 0.25) is 0 Å². The molecule has 0 aliphatic carbocycles. The van der Waals surface area contributed by atoms with Gasteiger partial charge in [0.05, 0.1) is 5.54 Å². The van der Waals surface area contributed by atoms with Gasteiger partial charge in [-0.1, -0.05) is 13.8 Å². The third-order valence-electron chi connectivity index (χ3n) is 2.70. The van der Waals surface area contributed by atoms with Crippen molar-refractivity contribution in [3.8, 4) is 0 Å². The van der Waals surface area contributed by atoms with E-state index in [4.69, 9.17) is 15.9 Å². The van der Waals surface area contributed by atoms with Gasteiger partial charge in [0.15, 0.2) is 6.10 Å². The fourth-order valence-electron chi connectivity index (χ4n) is 1.19. The molecule has 0 aliphatic rings. The molecule has 0 spiro atoms. The zero-order valence-corrected chi connectivity index (χ0v) is 9.69. The Morgan fingerprint density at radius 3 is 2.25 bits per heavy atom. The van der Waals surface area contributed by atoms with E-state index < -0.39 is 17.6 Å². The van der Waals surface area contributed by atoms with Crippen LogP contribution in [0.1, 0.15) is 33.1 Å². The fraction of sp³-hybridized carbons (Fsp3) is 0.800. The molecule has 0 aromatic rings. The maximum atomic E-state index is 11.6. The smallest absolute Gasteiger partial charge is 0.332 e. The average Bonchev–Trinajstić information content (AvgIpc) is 2.27. The highest BCUT2D eigenvalue weighted by Crippen LogP contribution is 2.10. The van der Waals surface area contributed by atoms with Crippen molar-refractivity contribution in [1.29, 1.82) is 0 Å². The lowest BCUT2D eigenvalue weighted by Crippen LogP contribution is -2.53. The Bertz CT molecular complexity index is 251.